The Kier molecular flexibility index (Phi) is 6.48. The molecule has 1 aliphatic rings. The highest BCUT2D eigenvalue weighted by Gasteiger charge is 2.30. The van der Waals surface area contributed by atoms with Crippen LogP contribution in [0.25, 0.3) is 0 Å². The SMILES string of the molecule is C=C[C@H]1OC(=O)N[C@H]1CCCN=C(N)NS(=O)(=O)c1c(C)cc(C)cc1C. The zero-order chi connectivity index (χ0) is 20.2. The van der Waals surface area contributed by atoms with Crippen LogP contribution in [0, 0.1) is 20.8 Å². The molecule has 1 aliphatic heterocycles. The largest absolute Gasteiger partial charge is 0.440 e. The number of hydrogen-bond acceptors (Lipinski definition) is 5. The molecule has 1 fully saturated rings. The number of cyclic esters (lactones) is 1. The van der Waals surface area contributed by atoms with Gasteiger partial charge in [0.05, 0.1) is 10.9 Å². The lowest BCUT2D eigenvalue weighted by atomic mass is 10.1. The van der Waals surface area contributed by atoms with Crippen molar-refractivity contribution < 1.29 is 17.9 Å². The van der Waals surface area contributed by atoms with Gasteiger partial charge in [0.2, 0.25) is 5.96 Å². The van der Waals surface area contributed by atoms with E-state index in [0.717, 1.165) is 5.56 Å². The van der Waals surface area contributed by atoms with Crippen molar-refractivity contribution in [3.63, 3.8) is 0 Å². The fraction of sp³-hybridized carbons (Fsp3) is 0.444. The molecule has 148 valence electrons. The van der Waals surface area contributed by atoms with E-state index >= 15 is 0 Å². The number of aliphatic imine (C=N–C) groups is 1. The maximum atomic E-state index is 12.6. The Bertz CT molecular complexity index is 841. The summed E-state index contributed by atoms with van der Waals surface area (Å²) >= 11 is 0. The zero-order valence-electron chi connectivity index (χ0n) is 15.8. The van der Waals surface area contributed by atoms with E-state index in [-0.39, 0.29) is 23.0 Å². The van der Waals surface area contributed by atoms with E-state index in [1.165, 1.54) is 0 Å². The molecule has 0 radical (unpaired) electrons. The number of hydrogen-bond donors (Lipinski definition) is 3. The Morgan fingerprint density at radius 1 is 1.37 bits per heavy atom. The second-order valence-electron chi connectivity index (χ2n) is 6.60. The Morgan fingerprint density at radius 2 is 2.00 bits per heavy atom. The molecule has 0 bridgehead atoms. The van der Waals surface area contributed by atoms with Gasteiger partial charge in [0.15, 0.2) is 0 Å². The molecular formula is C18H26N4O4S. The topological polar surface area (TPSA) is 123 Å². The number of nitrogens with zero attached hydrogens (tertiary/aromatic N) is 1. The summed E-state index contributed by atoms with van der Waals surface area (Å²) < 4.78 is 32.6. The third-order valence-corrected chi connectivity index (χ3v) is 5.90. The third-order valence-electron chi connectivity index (χ3n) is 4.24. The van der Waals surface area contributed by atoms with Crippen LogP contribution in [-0.2, 0) is 14.8 Å². The van der Waals surface area contributed by atoms with Crippen LogP contribution in [0.3, 0.4) is 0 Å². The highest BCUT2D eigenvalue weighted by molar-refractivity contribution is 7.90. The molecule has 1 aromatic carbocycles. The molecule has 0 aromatic heterocycles. The molecule has 1 heterocycles. The van der Waals surface area contributed by atoms with Gasteiger partial charge in [-0.2, -0.15) is 0 Å². The van der Waals surface area contributed by atoms with Gasteiger partial charge in [0, 0.05) is 6.54 Å². The molecule has 0 saturated carbocycles. The van der Waals surface area contributed by atoms with Crippen molar-refractivity contribution in [2.45, 2.75) is 50.7 Å². The predicted molar refractivity (Wildman–Crippen MR) is 104 cm³/mol. The van der Waals surface area contributed by atoms with Crippen LogP contribution >= 0.6 is 0 Å². The summed E-state index contributed by atoms with van der Waals surface area (Å²) in [4.78, 5) is 15.5. The van der Waals surface area contributed by atoms with E-state index in [1.54, 1.807) is 19.9 Å². The lowest BCUT2D eigenvalue weighted by Gasteiger charge is -2.14. The Labute approximate surface area is 159 Å². The number of sulfonamides is 1. The summed E-state index contributed by atoms with van der Waals surface area (Å²) in [5.41, 5.74) is 8.04. The number of alkyl carbamates (subject to hydrolysis) is 1. The number of amides is 1. The highest BCUT2D eigenvalue weighted by atomic mass is 32.2. The van der Waals surface area contributed by atoms with E-state index in [2.05, 4.69) is 21.6 Å². The lowest BCUT2D eigenvalue weighted by Crippen LogP contribution is -2.37. The number of nitrogens with two attached hydrogens (primary N) is 1. The van der Waals surface area contributed by atoms with Gasteiger partial charge in [-0.25, -0.2) is 17.9 Å². The smallest absolute Gasteiger partial charge is 0.408 e. The van der Waals surface area contributed by atoms with E-state index in [0.29, 0.717) is 30.5 Å². The minimum absolute atomic E-state index is 0.165. The molecule has 2 atom stereocenters. The highest BCUT2D eigenvalue weighted by Crippen LogP contribution is 2.21. The van der Waals surface area contributed by atoms with Crippen molar-refractivity contribution in [3.8, 4) is 0 Å². The summed E-state index contributed by atoms with van der Waals surface area (Å²) in [6, 6.07) is 3.45. The summed E-state index contributed by atoms with van der Waals surface area (Å²) in [7, 11) is -3.81. The number of benzene rings is 1. The molecule has 0 spiro atoms. The van der Waals surface area contributed by atoms with Gasteiger partial charge in [0.25, 0.3) is 10.0 Å². The molecule has 9 heteroatoms. The molecule has 2 rings (SSSR count). The standard InChI is InChI=1S/C18H26N4O4S/c1-5-15-14(21-18(23)26-15)7-6-8-20-17(19)22-27(24,25)16-12(3)9-11(2)10-13(16)4/h5,9-10,14-15H,1,6-8H2,2-4H3,(H,21,23)(H3,19,20,22)/t14-,15+/m0/s1. The molecule has 0 aliphatic carbocycles. The van der Waals surface area contributed by atoms with Crippen molar-refractivity contribution in [1.29, 1.82) is 0 Å². The van der Waals surface area contributed by atoms with Gasteiger partial charge < -0.3 is 15.8 Å². The summed E-state index contributed by atoms with van der Waals surface area (Å²) in [6.45, 7) is 9.35. The van der Waals surface area contributed by atoms with E-state index < -0.39 is 16.1 Å². The first kappa shape index (κ1) is 20.8. The zero-order valence-corrected chi connectivity index (χ0v) is 16.6. The first-order valence-electron chi connectivity index (χ1n) is 8.64. The summed E-state index contributed by atoms with van der Waals surface area (Å²) in [5.74, 6) is -0.165. The number of guanidine groups is 1. The summed E-state index contributed by atoms with van der Waals surface area (Å²) in [6.07, 6.45) is 1.95. The Hall–Kier alpha value is -2.55. The number of nitrogens with one attached hydrogen (secondary N) is 2. The van der Waals surface area contributed by atoms with Gasteiger partial charge >= 0.3 is 6.09 Å². The number of carbonyl (C=O) groups is 1. The van der Waals surface area contributed by atoms with Crippen LogP contribution < -0.4 is 15.8 Å². The van der Waals surface area contributed by atoms with Crippen molar-refractivity contribution in [2.75, 3.05) is 6.54 Å². The van der Waals surface area contributed by atoms with Crippen molar-refractivity contribution in [3.05, 3.63) is 41.5 Å². The maximum absolute atomic E-state index is 12.6. The minimum Gasteiger partial charge on any atom is -0.440 e. The van der Waals surface area contributed by atoms with Crippen LogP contribution in [0.1, 0.15) is 29.5 Å². The van der Waals surface area contributed by atoms with Gasteiger partial charge in [-0.1, -0.05) is 24.3 Å². The lowest BCUT2D eigenvalue weighted by molar-refractivity contribution is 0.152. The van der Waals surface area contributed by atoms with Gasteiger partial charge in [-0.15, -0.1) is 0 Å². The van der Waals surface area contributed by atoms with Crippen LogP contribution in [0.4, 0.5) is 4.79 Å². The Morgan fingerprint density at radius 3 is 2.59 bits per heavy atom. The molecule has 8 nitrogen and oxygen atoms in total. The van der Waals surface area contributed by atoms with Gasteiger partial charge in [0.1, 0.15) is 6.10 Å². The monoisotopic (exact) mass is 394 g/mol. The van der Waals surface area contributed by atoms with E-state index in [1.807, 2.05) is 19.1 Å². The Balaban J connectivity index is 1.95. The first-order valence-corrected chi connectivity index (χ1v) is 10.1. The molecule has 1 aromatic rings. The van der Waals surface area contributed by atoms with Crippen molar-refractivity contribution >= 4 is 22.1 Å². The van der Waals surface area contributed by atoms with Gasteiger partial charge in [-0.05, 0) is 50.8 Å². The molecule has 4 N–H and O–H groups in total. The quantitative estimate of drug-likeness (QED) is 0.281. The van der Waals surface area contributed by atoms with Crippen LogP contribution in [0.2, 0.25) is 0 Å². The van der Waals surface area contributed by atoms with Gasteiger partial charge in [-0.3, -0.25) is 4.99 Å². The van der Waals surface area contributed by atoms with Crippen molar-refractivity contribution in [2.24, 2.45) is 10.7 Å². The average Bonchev–Trinajstić information content (AvgIpc) is 2.89. The molecular weight excluding hydrogens is 368 g/mol. The van der Waals surface area contributed by atoms with E-state index in [4.69, 9.17) is 10.5 Å². The number of aryl methyl sites for hydroxylation is 3. The molecule has 27 heavy (non-hydrogen) atoms. The first-order chi connectivity index (χ1) is 12.6. The van der Waals surface area contributed by atoms with Crippen molar-refractivity contribution in [1.82, 2.24) is 10.0 Å². The minimum atomic E-state index is -3.81. The molecule has 1 saturated heterocycles. The second kappa shape index (κ2) is 8.43. The van der Waals surface area contributed by atoms with E-state index in [9.17, 15) is 13.2 Å². The number of rotatable bonds is 7. The fourth-order valence-electron chi connectivity index (χ4n) is 3.24. The number of ether oxygens (including phenoxy) is 1. The normalized spacial score (nSPS) is 20.1. The third kappa shape index (κ3) is 5.22. The maximum Gasteiger partial charge on any atom is 0.408 e. The van der Waals surface area contributed by atoms with Crippen LogP contribution in [0.5, 0.6) is 0 Å². The molecule has 1 amide bonds. The number of carbonyl (C=O) groups excluding carboxylic acids is 1. The second-order valence-corrected chi connectivity index (χ2v) is 8.22. The average molecular weight is 394 g/mol. The predicted octanol–water partition coefficient (Wildman–Crippen LogP) is 1.65. The fourth-order valence-corrected chi connectivity index (χ4v) is 4.65. The summed E-state index contributed by atoms with van der Waals surface area (Å²) in [5, 5.41) is 2.70. The van der Waals surface area contributed by atoms with Crippen LogP contribution in [0.15, 0.2) is 34.7 Å². The van der Waals surface area contributed by atoms with Crippen LogP contribution in [-0.4, -0.2) is 39.2 Å². The molecule has 0 unspecified atom stereocenters.